The van der Waals surface area contributed by atoms with E-state index < -0.39 is 0 Å². The Morgan fingerprint density at radius 3 is 2.62 bits per heavy atom. The highest BCUT2D eigenvalue weighted by Gasteiger charge is 2.13. The number of rotatable bonds is 3. The number of aryl methyl sites for hydroxylation is 1. The largest absolute Gasteiger partial charge is 0.389 e. The summed E-state index contributed by atoms with van der Waals surface area (Å²) in [5.41, 5.74) is 8.24. The summed E-state index contributed by atoms with van der Waals surface area (Å²) in [6.45, 7) is 0. The number of hydrogen-bond acceptors (Lipinski definition) is 5. The summed E-state index contributed by atoms with van der Waals surface area (Å²) in [5.74, 6) is 0.802. The zero-order chi connectivity index (χ0) is 15.0. The molecule has 3 aromatic rings. The molecule has 0 saturated carbocycles. The van der Waals surface area contributed by atoms with Crippen LogP contribution in [0.1, 0.15) is 5.56 Å². The molecule has 0 unspecified atom stereocenters. The highest BCUT2D eigenvalue weighted by atomic mass is 32.1. The van der Waals surface area contributed by atoms with Gasteiger partial charge in [-0.05, 0) is 24.3 Å². The van der Waals surface area contributed by atoms with E-state index in [0.29, 0.717) is 4.99 Å². The van der Waals surface area contributed by atoms with E-state index in [9.17, 15) is 0 Å². The van der Waals surface area contributed by atoms with Gasteiger partial charge in [0.15, 0.2) is 5.65 Å². The molecule has 21 heavy (non-hydrogen) atoms. The third kappa shape index (κ3) is 2.31. The van der Waals surface area contributed by atoms with Gasteiger partial charge < -0.3 is 10.6 Å². The monoisotopic (exact) mass is 298 g/mol. The van der Waals surface area contributed by atoms with Gasteiger partial charge in [-0.3, -0.25) is 4.68 Å². The summed E-state index contributed by atoms with van der Waals surface area (Å²) in [5, 5.41) is 5.13. The third-order valence-electron chi connectivity index (χ3n) is 3.37. The Bertz CT molecular complexity index is 808. The standard InChI is InChI=1S/C14H14N6S/c1-19(10-5-3-9(4-6-10)12(15)21)13-11-7-18-20(2)14(11)17-8-16-13/h3-8H,1-2H3,(H2,15,21). The Labute approximate surface area is 127 Å². The lowest BCUT2D eigenvalue weighted by Gasteiger charge is -2.19. The first-order valence-electron chi connectivity index (χ1n) is 6.34. The Balaban J connectivity index is 2.03. The van der Waals surface area contributed by atoms with E-state index in [-0.39, 0.29) is 0 Å². The van der Waals surface area contributed by atoms with Crippen molar-refractivity contribution >= 4 is 39.7 Å². The fourth-order valence-corrected chi connectivity index (χ4v) is 2.32. The second kappa shape index (κ2) is 5.10. The molecule has 0 radical (unpaired) electrons. The quantitative estimate of drug-likeness (QED) is 0.743. The highest BCUT2D eigenvalue weighted by Crippen LogP contribution is 2.27. The molecule has 0 bridgehead atoms. The van der Waals surface area contributed by atoms with Crippen LogP contribution in [-0.2, 0) is 7.05 Å². The van der Waals surface area contributed by atoms with Crippen LogP contribution >= 0.6 is 12.2 Å². The average molecular weight is 298 g/mol. The van der Waals surface area contributed by atoms with Gasteiger partial charge >= 0.3 is 0 Å². The minimum atomic E-state index is 0.390. The topological polar surface area (TPSA) is 72.9 Å². The van der Waals surface area contributed by atoms with Crippen molar-refractivity contribution in [2.75, 3.05) is 11.9 Å². The first-order valence-corrected chi connectivity index (χ1v) is 6.75. The minimum absolute atomic E-state index is 0.390. The van der Waals surface area contributed by atoms with Gasteiger partial charge in [0.05, 0.1) is 11.6 Å². The van der Waals surface area contributed by atoms with Gasteiger partial charge in [0, 0.05) is 25.3 Å². The van der Waals surface area contributed by atoms with E-state index in [1.807, 2.05) is 43.3 Å². The van der Waals surface area contributed by atoms with Gasteiger partial charge in [-0.15, -0.1) is 0 Å². The number of fused-ring (bicyclic) bond motifs is 1. The summed E-state index contributed by atoms with van der Waals surface area (Å²) >= 11 is 4.96. The Hall–Kier alpha value is -2.54. The molecular formula is C14H14N6S. The number of benzene rings is 1. The maximum absolute atomic E-state index is 5.61. The van der Waals surface area contributed by atoms with Gasteiger partial charge in [-0.25, -0.2) is 9.97 Å². The molecule has 1 aromatic carbocycles. The molecule has 2 heterocycles. The van der Waals surface area contributed by atoms with Gasteiger partial charge in [-0.2, -0.15) is 5.10 Å². The van der Waals surface area contributed by atoms with E-state index in [1.54, 1.807) is 17.2 Å². The smallest absolute Gasteiger partial charge is 0.163 e. The van der Waals surface area contributed by atoms with Crippen molar-refractivity contribution in [2.24, 2.45) is 12.8 Å². The lowest BCUT2D eigenvalue weighted by atomic mass is 10.2. The van der Waals surface area contributed by atoms with Gasteiger partial charge in [0.2, 0.25) is 0 Å². The highest BCUT2D eigenvalue weighted by molar-refractivity contribution is 7.80. The molecule has 0 saturated heterocycles. The molecule has 0 aliphatic carbocycles. The van der Waals surface area contributed by atoms with E-state index in [1.165, 1.54) is 0 Å². The van der Waals surface area contributed by atoms with Crippen molar-refractivity contribution < 1.29 is 0 Å². The van der Waals surface area contributed by atoms with E-state index >= 15 is 0 Å². The molecule has 0 spiro atoms. The van der Waals surface area contributed by atoms with Crippen molar-refractivity contribution in [1.82, 2.24) is 19.7 Å². The summed E-state index contributed by atoms with van der Waals surface area (Å²) in [6, 6.07) is 7.71. The zero-order valence-corrected chi connectivity index (χ0v) is 12.5. The number of nitrogens with two attached hydrogens (primary N) is 1. The normalized spacial score (nSPS) is 10.8. The Morgan fingerprint density at radius 2 is 1.95 bits per heavy atom. The van der Waals surface area contributed by atoms with Gasteiger partial charge in [0.25, 0.3) is 0 Å². The molecule has 6 nitrogen and oxygen atoms in total. The van der Waals surface area contributed by atoms with Crippen LogP contribution in [0.5, 0.6) is 0 Å². The molecule has 3 rings (SSSR count). The Kier molecular flexibility index (Phi) is 3.26. The van der Waals surface area contributed by atoms with Crippen LogP contribution in [0.25, 0.3) is 11.0 Å². The fourth-order valence-electron chi connectivity index (χ4n) is 2.19. The molecule has 7 heteroatoms. The summed E-state index contributed by atoms with van der Waals surface area (Å²) in [7, 11) is 3.81. The molecule has 106 valence electrons. The SMILES string of the molecule is CN(c1ccc(C(N)=S)cc1)c1ncnc2c1cnn2C. The van der Waals surface area contributed by atoms with Crippen LogP contribution in [0.4, 0.5) is 11.5 Å². The third-order valence-corrected chi connectivity index (χ3v) is 3.60. The summed E-state index contributed by atoms with van der Waals surface area (Å²) in [4.78, 5) is 11.0. The summed E-state index contributed by atoms with van der Waals surface area (Å²) in [6.07, 6.45) is 3.31. The molecule has 2 aromatic heterocycles. The zero-order valence-electron chi connectivity index (χ0n) is 11.7. The van der Waals surface area contributed by atoms with Crippen LogP contribution in [0.2, 0.25) is 0 Å². The van der Waals surface area contributed by atoms with E-state index in [4.69, 9.17) is 18.0 Å². The number of aromatic nitrogens is 4. The Morgan fingerprint density at radius 1 is 1.24 bits per heavy atom. The van der Waals surface area contributed by atoms with Gasteiger partial charge in [-0.1, -0.05) is 12.2 Å². The molecule has 2 N–H and O–H groups in total. The van der Waals surface area contributed by atoms with E-state index in [2.05, 4.69) is 15.1 Å². The van der Waals surface area contributed by atoms with Crippen molar-refractivity contribution in [3.63, 3.8) is 0 Å². The maximum atomic E-state index is 5.61. The van der Waals surface area contributed by atoms with Crippen LogP contribution in [0.3, 0.4) is 0 Å². The number of thiocarbonyl (C=S) groups is 1. The van der Waals surface area contributed by atoms with Crippen LogP contribution in [0.15, 0.2) is 36.8 Å². The van der Waals surface area contributed by atoms with E-state index in [0.717, 1.165) is 28.1 Å². The molecular weight excluding hydrogens is 284 g/mol. The second-order valence-electron chi connectivity index (χ2n) is 4.67. The molecule has 0 fully saturated rings. The average Bonchev–Trinajstić information content (AvgIpc) is 2.88. The molecule has 0 amide bonds. The first-order chi connectivity index (χ1) is 10.1. The van der Waals surface area contributed by atoms with Crippen LogP contribution in [0, 0.1) is 0 Å². The van der Waals surface area contributed by atoms with Crippen molar-refractivity contribution in [3.05, 3.63) is 42.4 Å². The lowest BCUT2D eigenvalue weighted by Crippen LogP contribution is -2.13. The lowest BCUT2D eigenvalue weighted by molar-refractivity contribution is 0.785. The minimum Gasteiger partial charge on any atom is -0.389 e. The maximum Gasteiger partial charge on any atom is 0.163 e. The molecule has 0 aliphatic heterocycles. The van der Waals surface area contributed by atoms with Crippen LogP contribution < -0.4 is 10.6 Å². The predicted molar refractivity (Wildman–Crippen MR) is 86.7 cm³/mol. The van der Waals surface area contributed by atoms with Crippen molar-refractivity contribution in [1.29, 1.82) is 0 Å². The van der Waals surface area contributed by atoms with Gasteiger partial charge in [0.1, 0.15) is 17.1 Å². The van der Waals surface area contributed by atoms with Crippen molar-refractivity contribution in [3.8, 4) is 0 Å². The molecule has 0 aliphatic rings. The summed E-state index contributed by atoms with van der Waals surface area (Å²) < 4.78 is 1.73. The fraction of sp³-hybridized carbons (Fsp3) is 0.143. The number of anilines is 2. The number of nitrogens with zero attached hydrogens (tertiary/aromatic N) is 5. The molecule has 0 atom stereocenters. The first kappa shape index (κ1) is 13.4. The van der Waals surface area contributed by atoms with Crippen LogP contribution in [-0.4, -0.2) is 31.8 Å². The number of hydrogen-bond donors (Lipinski definition) is 1. The predicted octanol–water partition coefficient (Wildman–Crippen LogP) is 1.77. The van der Waals surface area contributed by atoms with Crippen molar-refractivity contribution in [2.45, 2.75) is 0 Å². The second-order valence-corrected chi connectivity index (χ2v) is 5.11.